The number of hydrogen-bond donors (Lipinski definition) is 0. The maximum absolute atomic E-state index is 13.6. The van der Waals surface area contributed by atoms with E-state index in [9.17, 15) is 14.4 Å². The monoisotopic (exact) mass is 269 g/mol. The molecule has 0 fully saturated rings. The van der Waals surface area contributed by atoms with Crippen LogP contribution in [-0.2, 0) is 0 Å². The van der Waals surface area contributed by atoms with Crippen LogP contribution in [0.25, 0.3) is 0 Å². The van der Waals surface area contributed by atoms with Gasteiger partial charge in [-0.1, -0.05) is 18.2 Å². The van der Waals surface area contributed by atoms with Crippen molar-refractivity contribution in [3.63, 3.8) is 0 Å². The Morgan fingerprint density at radius 3 is 2.70 bits per heavy atom. The van der Waals surface area contributed by atoms with Crippen LogP contribution in [0.1, 0.15) is 22.0 Å². The van der Waals surface area contributed by atoms with Crippen LogP contribution in [0.5, 0.6) is 0 Å². The number of carbonyl (C=O) groups is 1. The van der Waals surface area contributed by atoms with Gasteiger partial charge in [0.25, 0.3) is 5.91 Å². The van der Waals surface area contributed by atoms with Gasteiger partial charge in [0.05, 0.1) is 11.6 Å². The van der Waals surface area contributed by atoms with E-state index in [-0.39, 0.29) is 5.56 Å². The van der Waals surface area contributed by atoms with Gasteiger partial charge in [0.1, 0.15) is 11.9 Å². The molecule has 0 N–H and O–H groups in total. The van der Waals surface area contributed by atoms with Gasteiger partial charge in [0, 0.05) is 25.0 Å². The Balaban J connectivity index is 2.31. The van der Waals surface area contributed by atoms with Crippen molar-refractivity contribution in [1.82, 2.24) is 9.88 Å². The molecular formula is C15H12FN3O. The zero-order chi connectivity index (χ0) is 14.5. The molecule has 20 heavy (non-hydrogen) atoms. The first-order chi connectivity index (χ1) is 9.65. The predicted molar refractivity (Wildman–Crippen MR) is 71.1 cm³/mol. The molecule has 0 aliphatic heterocycles. The van der Waals surface area contributed by atoms with Crippen LogP contribution in [-0.4, -0.2) is 22.8 Å². The van der Waals surface area contributed by atoms with E-state index in [0.29, 0.717) is 5.56 Å². The summed E-state index contributed by atoms with van der Waals surface area (Å²) in [5.41, 5.74) is 0.529. The summed E-state index contributed by atoms with van der Waals surface area (Å²) < 4.78 is 13.6. The molecule has 2 aromatic rings. The molecule has 0 radical (unpaired) electrons. The Morgan fingerprint density at radius 2 is 2.10 bits per heavy atom. The zero-order valence-electron chi connectivity index (χ0n) is 10.8. The van der Waals surface area contributed by atoms with Crippen LogP contribution in [0.2, 0.25) is 0 Å². The number of pyridine rings is 1. The van der Waals surface area contributed by atoms with Crippen LogP contribution in [0, 0.1) is 17.1 Å². The first kappa shape index (κ1) is 13.7. The van der Waals surface area contributed by atoms with Crippen molar-refractivity contribution < 1.29 is 9.18 Å². The molecule has 4 nitrogen and oxygen atoms in total. The third-order valence-electron chi connectivity index (χ3n) is 2.93. The van der Waals surface area contributed by atoms with E-state index in [0.717, 1.165) is 0 Å². The Labute approximate surface area is 116 Å². The molecule has 0 aliphatic rings. The molecule has 0 spiro atoms. The second-order valence-corrected chi connectivity index (χ2v) is 4.21. The number of halogens is 1. The standard InChI is InChI=1S/C15H12FN3O/c1-19(14(9-17)11-5-4-8-18-10-11)15(20)12-6-2-3-7-13(12)16/h2-8,10,14H,1H3. The summed E-state index contributed by atoms with van der Waals surface area (Å²) in [6, 6.07) is 10.3. The van der Waals surface area contributed by atoms with Crippen molar-refractivity contribution in [3.05, 3.63) is 65.7 Å². The predicted octanol–water partition coefficient (Wildman–Crippen LogP) is 2.56. The molecule has 5 heteroatoms. The summed E-state index contributed by atoms with van der Waals surface area (Å²) in [6.45, 7) is 0. The quantitative estimate of drug-likeness (QED) is 0.860. The van der Waals surface area contributed by atoms with E-state index in [4.69, 9.17) is 0 Å². The Kier molecular flexibility index (Phi) is 4.06. The van der Waals surface area contributed by atoms with Gasteiger partial charge in [-0.2, -0.15) is 5.26 Å². The summed E-state index contributed by atoms with van der Waals surface area (Å²) in [6.07, 6.45) is 3.09. The van der Waals surface area contributed by atoms with Crippen LogP contribution >= 0.6 is 0 Å². The van der Waals surface area contributed by atoms with E-state index in [1.165, 1.54) is 36.3 Å². The third kappa shape index (κ3) is 2.64. The number of aromatic nitrogens is 1. The molecule has 1 heterocycles. The van der Waals surface area contributed by atoms with E-state index >= 15 is 0 Å². The van der Waals surface area contributed by atoms with E-state index in [2.05, 4.69) is 4.98 Å². The molecule has 1 aromatic heterocycles. The molecule has 1 amide bonds. The van der Waals surface area contributed by atoms with Crippen molar-refractivity contribution in [2.75, 3.05) is 7.05 Å². The Morgan fingerprint density at radius 1 is 1.35 bits per heavy atom. The summed E-state index contributed by atoms with van der Waals surface area (Å²) in [4.78, 5) is 17.4. The molecule has 1 unspecified atom stereocenters. The second kappa shape index (κ2) is 5.93. The number of carbonyl (C=O) groups excluding carboxylic acids is 1. The number of rotatable bonds is 3. The minimum atomic E-state index is -0.809. The number of nitriles is 1. The Hall–Kier alpha value is -2.74. The highest BCUT2D eigenvalue weighted by Gasteiger charge is 2.24. The fourth-order valence-electron chi connectivity index (χ4n) is 1.86. The van der Waals surface area contributed by atoms with Crippen LogP contribution in [0.4, 0.5) is 4.39 Å². The topological polar surface area (TPSA) is 57.0 Å². The molecule has 2 rings (SSSR count). The van der Waals surface area contributed by atoms with E-state index in [1.807, 2.05) is 6.07 Å². The fourth-order valence-corrected chi connectivity index (χ4v) is 1.86. The smallest absolute Gasteiger partial charge is 0.257 e. The van der Waals surface area contributed by atoms with Gasteiger partial charge in [-0.05, 0) is 18.2 Å². The average molecular weight is 269 g/mol. The van der Waals surface area contributed by atoms with E-state index in [1.54, 1.807) is 24.4 Å². The molecule has 0 bridgehead atoms. The largest absolute Gasteiger partial charge is 0.321 e. The highest BCUT2D eigenvalue weighted by molar-refractivity contribution is 5.94. The van der Waals surface area contributed by atoms with Gasteiger partial charge < -0.3 is 4.90 Å². The van der Waals surface area contributed by atoms with E-state index < -0.39 is 17.8 Å². The molecule has 1 atom stereocenters. The summed E-state index contributed by atoms with van der Waals surface area (Å²) in [7, 11) is 1.47. The molecular weight excluding hydrogens is 257 g/mol. The number of benzene rings is 1. The van der Waals surface area contributed by atoms with Crippen molar-refractivity contribution in [1.29, 1.82) is 5.26 Å². The number of nitrogens with zero attached hydrogens (tertiary/aromatic N) is 3. The summed E-state index contributed by atoms with van der Waals surface area (Å²) in [5.74, 6) is -1.15. The normalized spacial score (nSPS) is 11.4. The lowest BCUT2D eigenvalue weighted by molar-refractivity contribution is 0.0758. The van der Waals surface area contributed by atoms with Crippen molar-refractivity contribution in [3.8, 4) is 6.07 Å². The molecule has 0 saturated carbocycles. The van der Waals surface area contributed by atoms with Gasteiger partial charge in [0.15, 0.2) is 0 Å². The lowest BCUT2D eigenvalue weighted by Gasteiger charge is -2.23. The molecule has 0 aliphatic carbocycles. The van der Waals surface area contributed by atoms with Crippen molar-refractivity contribution >= 4 is 5.91 Å². The summed E-state index contributed by atoms with van der Waals surface area (Å²) >= 11 is 0. The molecule has 1 aromatic carbocycles. The minimum Gasteiger partial charge on any atom is -0.321 e. The average Bonchev–Trinajstić information content (AvgIpc) is 2.49. The molecule has 0 saturated heterocycles. The number of amides is 1. The van der Waals surface area contributed by atoms with Crippen LogP contribution in [0.3, 0.4) is 0 Å². The highest BCUT2D eigenvalue weighted by atomic mass is 19.1. The third-order valence-corrected chi connectivity index (χ3v) is 2.93. The van der Waals surface area contributed by atoms with Gasteiger partial charge in [0.2, 0.25) is 0 Å². The first-order valence-corrected chi connectivity index (χ1v) is 5.96. The van der Waals surface area contributed by atoms with Crippen molar-refractivity contribution in [2.45, 2.75) is 6.04 Å². The lowest BCUT2D eigenvalue weighted by Crippen LogP contribution is -2.31. The number of hydrogen-bond acceptors (Lipinski definition) is 3. The van der Waals surface area contributed by atoms with Gasteiger partial charge in [-0.15, -0.1) is 0 Å². The van der Waals surface area contributed by atoms with Gasteiger partial charge >= 0.3 is 0 Å². The van der Waals surface area contributed by atoms with Gasteiger partial charge in [-0.25, -0.2) is 4.39 Å². The van der Waals surface area contributed by atoms with Gasteiger partial charge in [-0.3, -0.25) is 9.78 Å². The minimum absolute atomic E-state index is 0.0564. The second-order valence-electron chi connectivity index (χ2n) is 4.21. The van der Waals surface area contributed by atoms with Crippen LogP contribution < -0.4 is 0 Å². The summed E-state index contributed by atoms with van der Waals surface area (Å²) in [5, 5.41) is 9.25. The SMILES string of the molecule is CN(C(=O)c1ccccc1F)C(C#N)c1cccnc1. The maximum atomic E-state index is 13.6. The zero-order valence-corrected chi connectivity index (χ0v) is 10.8. The Bertz CT molecular complexity index is 652. The maximum Gasteiger partial charge on any atom is 0.257 e. The first-order valence-electron chi connectivity index (χ1n) is 5.96. The van der Waals surface area contributed by atoms with Crippen molar-refractivity contribution in [2.24, 2.45) is 0 Å². The fraction of sp³-hybridized carbons (Fsp3) is 0.133. The molecule has 100 valence electrons. The van der Waals surface area contributed by atoms with Crippen LogP contribution in [0.15, 0.2) is 48.8 Å². The highest BCUT2D eigenvalue weighted by Crippen LogP contribution is 2.20. The lowest BCUT2D eigenvalue weighted by atomic mass is 10.1.